The Morgan fingerprint density at radius 3 is 2.65 bits per heavy atom. The second-order valence-electron chi connectivity index (χ2n) is 4.51. The lowest BCUT2D eigenvalue weighted by molar-refractivity contribution is 0.0734. The van der Waals surface area contributed by atoms with Gasteiger partial charge in [-0.15, -0.1) is 5.10 Å². The zero-order chi connectivity index (χ0) is 13.9. The van der Waals surface area contributed by atoms with Crippen LogP contribution in [-0.4, -0.2) is 57.2 Å². The highest BCUT2D eigenvalue weighted by atomic mass is 16.2. The number of hydrogen-bond acceptors (Lipinski definition) is 6. The number of aromatic amines is 1. The van der Waals surface area contributed by atoms with Crippen molar-refractivity contribution in [2.45, 2.75) is 0 Å². The smallest absolute Gasteiger partial charge is 0.291 e. The van der Waals surface area contributed by atoms with Gasteiger partial charge in [0.25, 0.3) is 5.91 Å². The Morgan fingerprint density at radius 1 is 1.25 bits per heavy atom. The molecule has 3 N–H and O–H groups in total. The number of nitrogens with two attached hydrogens (primary N) is 1. The molecule has 8 heteroatoms. The molecule has 2 aromatic rings. The number of pyridine rings is 1. The summed E-state index contributed by atoms with van der Waals surface area (Å²) < 4.78 is 0. The first kappa shape index (κ1) is 12.4. The fourth-order valence-electron chi connectivity index (χ4n) is 2.20. The fourth-order valence-corrected chi connectivity index (χ4v) is 2.20. The number of nitrogens with zero attached hydrogens (tertiary/aromatic N) is 5. The van der Waals surface area contributed by atoms with Crippen molar-refractivity contribution in [1.29, 1.82) is 0 Å². The van der Waals surface area contributed by atoms with Crippen LogP contribution in [0.5, 0.6) is 0 Å². The van der Waals surface area contributed by atoms with Gasteiger partial charge in [0.1, 0.15) is 5.82 Å². The minimum atomic E-state index is -0.171. The molecule has 1 saturated heterocycles. The number of amides is 1. The molecule has 1 aliphatic rings. The normalized spacial score (nSPS) is 15.4. The molecule has 2 aromatic heterocycles. The van der Waals surface area contributed by atoms with Gasteiger partial charge in [0, 0.05) is 32.4 Å². The van der Waals surface area contributed by atoms with E-state index < -0.39 is 0 Å². The second kappa shape index (κ2) is 5.16. The molecule has 0 unspecified atom stereocenters. The quantitative estimate of drug-likeness (QED) is 0.781. The molecule has 104 valence electrons. The molecular weight excluding hydrogens is 258 g/mol. The zero-order valence-electron chi connectivity index (χ0n) is 10.9. The van der Waals surface area contributed by atoms with E-state index in [2.05, 4.69) is 25.1 Å². The third-order valence-corrected chi connectivity index (χ3v) is 3.25. The third-order valence-electron chi connectivity index (χ3n) is 3.25. The van der Waals surface area contributed by atoms with Crippen molar-refractivity contribution in [2.75, 3.05) is 36.8 Å². The van der Waals surface area contributed by atoms with Crippen LogP contribution in [0.3, 0.4) is 0 Å². The van der Waals surface area contributed by atoms with Crippen molar-refractivity contribution < 1.29 is 4.79 Å². The van der Waals surface area contributed by atoms with Gasteiger partial charge >= 0.3 is 0 Å². The highest BCUT2D eigenvalue weighted by molar-refractivity contribution is 5.90. The number of carbonyl (C=O) groups is 1. The summed E-state index contributed by atoms with van der Waals surface area (Å²) in [5.74, 6) is 1.03. The molecule has 0 bridgehead atoms. The van der Waals surface area contributed by atoms with Crippen molar-refractivity contribution in [3.63, 3.8) is 0 Å². The zero-order valence-corrected chi connectivity index (χ0v) is 10.9. The Hall–Kier alpha value is -2.64. The topological polar surface area (TPSA) is 104 Å². The molecule has 3 heterocycles. The minimum absolute atomic E-state index is 0.0838. The van der Waals surface area contributed by atoms with Gasteiger partial charge < -0.3 is 15.5 Å². The number of anilines is 2. The number of piperazine rings is 1. The van der Waals surface area contributed by atoms with Crippen LogP contribution in [-0.2, 0) is 0 Å². The number of nitrogens with one attached hydrogen (secondary N) is 1. The Morgan fingerprint density at radius 2 is 2.05 bits per heavy atom. The van der Waals surface area contributed by atoms with Crippen LogP contribution in [0.25, 0.3) is 0 Å². The molecule has 0 aromatic carbocycles. The van der Waals surface area contributed by atoms with Gasteiger partial charge in [0.2, 0.25) is 11.8 Å². The van der Waals surface area contributed by atoms with E-state index in [-0.39, 0.29) is 17.7 Å². The van der Waals surface area contributed by atoms with Crippen LogP contribution in [0.4, 0.5) is 11.8 Å². The molecule has 0 saturated carbocycles. The van der Waals surface area contributed by atoms with E-state index in [1.807, 2.05) is 18.2 Å². The number of rotatable bonds is 2. The maximum absolute atomic E-state index is 12.2. The average Bonchev–Trinajstić information content (AvgIpc) is 2.94. The SMILES string of the molecule is Nc1n[nH]c(C(=O)N2CCN(c3ccccn3)CC2)n1. The monoisotopic (exact) mass is 273 g/mol. The lowest BCUT2D eigenvalue weighted by Crippen LogP contribution is -2.49. The Balaban J connectivity index is 1.63. The van der Waals surface area contributed by atoms with E-state index >= 15 is 0 Å². The molecule has 0 aliphatic carbocycles. The van der Waals surface area contributed by atoms with Gasteiger partial charge in [-0.25, -0.2) is 4.98 Å². The number of H-pyrrole nitrogens is 1. The van der Waals surface area contributed by atoms with Crippen molar-refractivity contribution in [1.82, 2.24) is 25.1 Å². The summed E-state index contributed by atoms with van der Waals surface area (Å²) in [5.41, 5.74) is 5.40. The van der Waals surface area contributed by atoms with E-state index in [0.29, 0.717) is 13.1 Å². The minimum Gasteiger partial charge on any atom is -0.366 e. The fraction of sp³-hybridized carbons (Fsp3) is 0.333. The van der Waals surface area contributed by atoms with Crippen molar-refractivity contribution >= 4 is 17.7 Å². The number of aromatic nitrogens is 4. The predicted molar refractivity (Wildman–Crippen MR) is 73.1 cm³/mol. The van der Waals surface area contributed by atoms with Gasteiger partial charge in [-0.05, 0) is 12.1 Å². The summed E-state index contributed by atoms with van der Waals surface area (Å²) in [5, 5.41) is 6.21. The summed E-state index contributed by atoms with van der Waals surface area (Å²) in [4.78, 5) is 24.2. The van der Waals surface area contributed by atoms with Crippen molar-refractivity contribution in [2.24, 2.45) is 0 Å². The van der Waals surface area contributed by atoms with Crippen LogP contribution in [0.1, 0.15) is 10.6 Å². The molecule has 3 rings (SSSR count). The van der Waals surface area contributed by atoms with Crippen LogP contribution in [0.15, 0.2) is 24.4 Å². The van der Waals surface area contributed by atoms with Gasteiger partial charge in [0.05, 0.1) is 0 Å². The summed E-state index contributed by atoms with van der Waals surface area (Å²) in [6.07, 6.45) is 1.77. The Bertz CT molecular complexity index is 589. The third kappa shape index (κ3) is 2.40. The molecule has 1 aliphatic heterocycles. The Kier molecular flexibility index (Phi) is 3.20. The first-order chi connectivity index (χ1) is 9.74. The Labute approximate surface area is 115 Å². The molecule has 0 radical (unpaired) electrons. The highest BCUT2D eigenvalue weighted by Gasteiger charge is 2.24. The van der Waals surface area contributed by atoms with E-state index in [1.54, 1.807) is 11.1 Å². The first-order valence-electron chi connectivity index (χ1n) is 6.37. The van der Waals surface area contributed by atoms with E-state index in [1.165, 1.54) is 0 Å². The summed E-state index contributed by atoms with van der Waals surface area (Å²) in [6, 6.07) is 5.81. The first-order valence-corrected chi connectivity index (χ1v) is 6.37. The average molecular weight is 273 g/mol. The van der Waals surface area contributed by atoms with Gasteiger partial charge in [0.15, 0.2) is 0 Å². The molecule has 0 atom stereocenters. The van der Waals surface area contributed by atoms with Crippen LogP contribution in [0.2, 0.25) is 0 Å². The largest absolute Gasteiger partial charge is 0.366 e. The standard InChI is InChI=1S/C12H15N7O/c13-12-15-10(16-17-12)11(20)19-7-5-18(6-8-19)9-3-1-2-4-14-9/h1-4H,5-8H2,(H3,13,15,16,17). The number of nitrogen functional groups attached to an aromatic ring is 1. The predicted octanol–water partition coefficient (Wildman–Crippen LogP) is -0.256. The van der Waals surface area contributed by atoms with Crippen molar-refractivity contribution in [3.05, 3.63) is 30.2 Å². The molecule has 8 nitrogen and oxygen atoms in total. The molecule has 1 fully saturated rings. The maximum atomic E-state index is 12.2. The highest BCUT2D eigenvalue weighted by Crippen LogP contribution is 2.13. The van der Waals surface area contributed by atoms with Crippen LogP contribution in [0, 0.1) is 0 Å². The summed E-state index contributed by atoms with van der Waals surface area (Å²) in [7, 11) is 0. The summed E-state index contributed by atoms with van der Waals surface area (Å²) >= 11 is 0. The maximum Gasteiger partial charge on any atom is 0.291 e. The van der Waals surface area contributed by atoms with Crippen LogP contribution >= 0.6 is 0 Å². The van der Waals surface area contributed by atoms with Gasteiger partial charge in [-0.3, -0.25) is 9.89 Å². The molecular formula is C12H15N7O. The lowest BCUT2D eigenvalue weighted by atomic mass is 10.3. The van der Waals surface area contributed by atoms with Gasteiger partial charge in [-0.1, -0.05) is 6.07 Å². The summed E-state index contributed by atoms with van der Waals surface area (Å²) in [6.45, 7) is 2.73. The molecule has 20 heavy (non-hydrogen) atoms. The van der Waals surface area contributed by atoms with E-state index in [0.717, 1.165) is 18.9 Å². The number of hydrogen-bond donors (Lipinski definition) is 2. The number of carbonyl (C=O) groups excluding carboxylic acids is 1. The van der Waals surface area contributed by atoms with E-state index in [4.69, 9.17) is 5.73 Å². The van der Waals surface area contributed by atoms with Crippen molar-refractivity contribution in [3.8, 4) is 0 Å². The van der Waals surface area contributed by atoms with E-state index in [9.17, 15) is 4.79 Å². The molecule has 1 amide bonds. The van der Waals surface area contributed by atoms with Gasteiger partial charge in [-0.2, -0.15) is 4.98 Å². The lowest BCUT2D eigenvalue weighted by Gasteiger charge is -2.34. The second-order valence-corrected chi connectivity index (χ2v) is 4.51. The molecule has 0 spiro atoms. The van der Waals surface area contributed by atoms with Crippen LogP contribution < -0.4 is 10.6 Å².